The predicted molar refractivity (Wildman–Crippen MR) is 123 cm³/mol. The fourth-order valence-corrected chi connectivity index (χ4v) is 5.00. The quantitative estimate of drug-likeness (QED) is 0.510. The molecule has 32 heavy (non-hydrogen) atoms. The van der Waals surface area contributed by atoms with Crippen LogP contribution in [0.3, 0.4) is 0 Å². The maximum atomic E-state index is 14.0. The van der Waals surface area contributed by atoms with Crippen molar-refractivity contribution in [2.75, 3.05) is 30.5 Å². The number of carbonyl (C=O) groups is 1. The lowest BCUT2D eigenvalue weighted by atomic mass is 10.2. The smallest absolute Gasteiger partial charge is 0.244 e. The molecule has 1 saturated heterocycles. The van der Waals surface area contributed by atoms with E-state index in [2.05, 4.69) is 10.0 Å². The van der Waals surface area contributed by atoms with Gasteiger partial charge in [0, 0.05) is 12.3 Å². The average molecular weight is 483 g/mol. The Labute approximate surface area is 192 Å². The first-order valence-electron chi connectivity index (χ1n) is 10.3. The maximum Gasteiger partial charge on any atom is 0.244 e. The fourth-order valence-electron chi connectivity index (χ4n) is 3.22. The van der Waals surface area contributed by atoms with E-state index in [9.17, 15) is 17.6 Å². The van der Waals surface area contributed by atoms with Gasteiger partial charge in [0.1, 0.15) is 29.1 Å². The number of carbonyl (C=O) groups excluding carboxylic acids is 1. The number of anilines is 1. The molecule has 2 aromatic carbocycles. The Morgan fingerprint density at radius 3 is 2.66 bits per heavy atom. The van der Waals surface area contributed by atoms with E-state index in [0.717, 1.165) is 31.6 Å². The van der Waals surface area contributed by atoms with Crippen LogP contribution < -0.4 is 14.8 Å². The third kappa shape index (κ3) is 6.93. The Balaban J connectivity index is 1.63. The molecule has 7 nitrogen and oxygen atoms in total. The summed E-state index contributed by atoms with van der Waals surface area (Å²) in [6.45, 7) is 1.23. The van der Waals surface area contributed by atoms with Crippen LogP contribution in [0.25, 0.3) is 0 Å². The highest BCUT2D eigenvalue weighted by Gasteiger charge is 2.27. The largest absolute Gasteiger partial charge is 0.491 e. The molecule has 1 fully saturated rings. The summed E-state index contributed by atoms with van der Waals surface area (Å²) in [4.78, 5) is 12.3. The van der Waals surface area contributed by atoms with Crippen molar-refractivity contribution in [3.05, 3.63) is 54.3 Å². The summed E-state index contributed by atoms with van der Waals surface area (Å²) < 4.78 is 52.9. The first kappa shape index (κ1) is 24.5. The third-order valence-corrected chi connectivity index (χ3v) is 7.08. The Bertz CT molecular complexity index is 996. The predicted octanol–water partition coefficient (Wildman–Crippen LogP) is 3.42. The van der Waals surface area contributed by atoms with Gasteiger partial charge in [-0.25, -0.2) is 12.8 Å². The Morgan fingerprint density at radius 2 is 2.00 bits per heavy atom. The number of hydrogen-bond acceptors (Lipinski definition) is 6. The van der Waals surface area contributed by atoms with Gasteiger partial charge < -0.3 is 14.8 Å². The second-order valence-electron chi connectivity index (χ2n) is 7.35. The van der Waals surface area contributed by atoms with Crippen LogP contribution in [0.15, 0.2) is 53.4 Å². The van der Waals surface area contributed by atoms with Crippen LogP contribution in [0.2, 0.25) is 0 Å². The van der Waals surface area contributed by atoms with E-state index in [1.807, 2.05) is 6.26 Å². The first-order chi connectivity index (χ1) is 15.4. The van der Waals surface area contributed by atoms with Crippen LogP contribution in [-0.4, -0.2) is 51.7 Å². The molecule has 1 aliphatic rings. The second kappa shape index (κ2) is 11.6. The average Bonchev–Trinajstić information content (AvgIpc) is 3.30. The van der Waals surface area contributed by atoms with Gasteiger partial charge in [0.25, 0.3) is 0 Å². The summed E-state index contributed by atoms with van der Waals surface area (Å²) in [7, 11) is -4.21. The number of nitrogens with one attached hydrogen (secondary N) is 2. The van der Waals surface area contributed by atoms with Crippen LogP contribution >= 0.6 is 11.8 Å². The molecule has 2 unspecified atom stereocenters. The second-order valence-corrected chi connectivity index (χ2v) is 10.0. The number of thioether (sulfide) groups is 1. The van der Waals surface area contributed by atoms with Crippen LogP contribution in [0.1, 0.15) is 19.3 Å². The number of benzene rings is 2. The maximum absolute atomic E-state index is 14.0. The molecule has 0 saturated carbocycles. The zero-order chi connectivity index (χ0) is 23.0. The minimum absolute atomic E-state index is 0.106. The van der Waals surface area contributed by atoms with Crippen molar-refractivity contribution >= 4 is 33.4 Å². The molecule has 2 N–H and O–H groups in total. The van der Waals surface area contributed by atoms with Gasteiger partial charge in [-0.15, -0.1) is 0 Å². The summed E-state index contributed by atoms with van der Waals surface area (Å²) in [6, 6.07) is 10.8. The fraction of sp³-hybridized carbons (Fsp3) is 0.409. The molecule has 1 heterocycles. The topological polar surface area (TPSA) is 93.7 Å². The van der Waals surface area contributed by atoms with Gasteiger partial charge in [-0.05, 0) is 67.7 Å². The molecule has 1 aliphatic heterocycles. The van der Waals surface area contributed by atoms with Crippen molar-refractivity contribution in [1.82, 2.24) is 4.72 Å². The summed E-state index contributed by atoms with van der Waals surface area (Å²) in [5.74, 6) is -0.194. The Morgan fingerprint density at radius 1 is 1.25 bits per heavy atom. The lowest BCUT2D eigenvalue weighted by Crippen LogP contribution is -2.44. The number of halogens is 1. The normalized spacial score (nSPS) is 17.1. The van der Waals surface area contributed by atoms with Gasteiger partial charge in [-0.3, -0.25) is 4.79 Å². The molecule has 2 aromatic rings. The highest BCUT2D eigenvalue weighted by molar-refractivity contribution is 7.98. The number of ether oxygens (including phenoxy) is 2. The third-order valence-electron chi connectivity index (χ3n) is 4.93. The summed E-state index contributed by atoms with van der Waals surface area (Å²) in [5.41, 5.74) is 0.499. The molecule has 0 spiro atoms. The number of sulfonamides is 1. The molecule has 0 aromatic heterocycles. The van der Waals surface area contributed by atoms with Gasteiger partial charge in [-0.2, -0.15) is 16.5 Å². The highest BCUT2D eigenvalue weighted by Crippen LogP contribution is 2.20. The number of amides is 1. The summed E-state index contributed by atoms with van der Waals surface area (Å²) in [5, 5.41) is 2.71. The number of hydrogen-bond donors (Lipinski definition) is 2. The molecule has 0 bridgehead atoms. The molecule has 0 radical (unpaired) electrons. The zero-order valence-corrected chi connectivity index (χ0v) is 19.4. The van der Waals surface area contributed by atoms with Gasteiger partial charge in [0.15, 0.2) is 0 Å². The lowest BCUT2D eigenvalue weighted by molar-refractivity contribution is -0.117. The molecule has 2 atom stereocenters. The van der Waals surface area contributed by atoms with Crippen molar-refractivity contribution in [3.63, 3.8) is 0 Å². The van der Waals surface area contributed by atoms with Crippen molar-refractivity contribution < 1.29 is 27.1 Å². The molecule has 174 valence electrons. The Kier molecular flexibility index (Phi) is 8.92. The highest BCUT2D eigenvalue weighted by atomic mass is 32.2. The minimum Gasteiger partial charge on any atom is -0.491 e. The van der Waals surface area contributed by atoms with Gasteiger partial charge in [0.05, 0.1) is 6.10 Å². The summed E-state index contributed by atoms with van der Waals surface area (Å²) in [6.07, 6.45) is 4.24. The van der Waals surface area contributed by atoms with Gasteiger partial charge in [-0.1, -0.05) is 12.1 Å². The van der Waals surface area contributed by atoms with E-state index in [4.69, 9.17) is 9.47 Å². The Hall–Kier alpha value is -2.14. The summed E-state index contributed by atoms with van der Waals surface area (Å²) >= 11 is 1.48. The molecular weight excluding hydrogens is 455 g/mol. The van der Waals surface area contributed by atoms with E-state index in [1.165, 1.54) is 23.9 Å². The first-order valence-corrected chi connectivity index (χ1v) is 13.2. The molecule has 3 rings (SSSR count). The standard InChI is InChI=1S/C22H27FN2O5S2/c1-31-14-12-20(25-32(27,28)21-7-3-2-6-19(21)23)22(26)24-16-8-10-17(11-9-16)30-15-18-5-4-13-29-18/h2-3,6-11,18,20,25H,4-5,12-15H2,1H3,(H,24,26). The van der Waals surface area contributed by atoms with Crippen molar-refractivity contribution in [1.29, 1.82) is 0 Å². The van der Waals surface area contributed by atoms with Crippen molar-refractivity contribution in [3.8, 4) is 5.75 Å². The molecule has 1 amide bonds. The minimum atomic E-state index is -4.21. The monoisotopic (exact) mass is 482 g/mol. The van der Waals surface area contributed by atoms with Crippen LogP contribution in [0.4, 0.5) is 10.1 Å². The molecule has 10 heteroatoms. The van der Waals surface area contributed by atoms with E-state index < -0.39 is 32.7 Å². The van der Waals surface area contributed by atoms with E-state index >= 15 is 0 Å². The SMILES string of the molecule is CSCCC(NS(=O)(=O)c1ccccc1F)C(=O)Nc1ccc(OCC2CCCO2)cc1. The molecule has 0 aliphatic carbocycles. The van der Waals surface area contributed by atoms with Gasteiger partial charge in [0.2, 0.25) is 15.9 Å². The van der Waals surface area contributed by atoms with E-state index in [-0.39, 0.29) is 12.5 Å². The zero-order valence-electron chi connectivity index (χ0n) is 17.8. The van der Waals surface area contributed by atoms with Gasteiger partial charge >= 0.3 is 0 Å². The van der Waals surface area contributed by atoms with Crippen molar-refractivity contribution in [2.24, 2.45) is 0 Å². The van der Waals surface area contributed by atoms with E-state index in [1.54, 1.807) is 24.3 Å². The van der Waals surface area contributed by atoms with Crippen LogP contribution in [0.5, 0.6) is 5.75 Å². The van der Waals surface area contributed by atoms with Crippen LogP contribution in [-0.2, 0) is 19.6 Å². The van der Waals surface area contributed by atoms with Crippen molar-refractivity contribution in [2.45, 2.75) is 36.3 Å². The van der Waals surface area contributed by atoms with Crippen LogP contribution in [0, 0.1) is 5.82 Å². The lowest BCUT2D eigenvalue weighted by Gasteiger charge is -2.19. The van der Waals surface area contributed by atoms with E-state index in [0.29, 0.717) is 23.8 Å². The number of rotatable bonds is 11. The molecular formula is C22H27FN2O5S2.